The Hall–Kier alpha value is -1.68. The highest BCUT2D eigenvalue weighted by molar-refractivity contribution is 5.85. The van der Waals surface area contributed by atoms with Gasteiger partial charge in [-0.2, -0.15) is 0 Å². The summed E-state index contributed by atoms with van der Waals surface area (Å²) in [5, 5.41) is 3.06. The summed E-state index contributed by atoms with van der Waals surface area (Å²) in [6, 6.07) is 6.13. The van der Waals surface area contributed by atoms with E-state index in [1.807, 2.05) is 32.9 Å². The van der Waals surface area contributed by atoms with Gasteiger partial charge in [0, 0.05) is 25.3 Å². The van der Waals surface area contributed by atoms with Gasteiger partial charge < -0.3 is 5.32 Å². The summed E-state index contributed by atoms with van der Waals surface area (Å²) >= 11 is 0. The second-order valence-electron chi connectivity index (χ2n) is 7.25. The minimum absolute atomic E-state index is 0.108. The second-order valence-corrected chi connectivity index (χ2v) is 7.25. The molecule has 4 heteroatoms. The van der Waals surface area contributed by atoms with Crippen LogP contribution in [-0.4, -0.2) is 41.0 Å². The zero-order chi connectivity index (χ0) is 17.0. The van der Waals surface area contributed by atoms with Crippen LogP contribution in [0.15, 0.2) is 24.3 Å². The zero-order valence-corrected chi connectivity index (χ0v) is 15.0. The lowest BCUT2D eigenvalue weighted by molar-refractivity contribution is -0.131. The van der Waals surface area contributed by atoms with Gasteiger partial charge in [0.15, 0.2) is 0 Å². The maximum atomic E-state index is 12.5. The Balaban J connectivity index is 2.03. The van der Waals surface area contributed by atoms with Gasteiger partial charge in [0.25, 0.3) is 0 Å². The molecule has 1 N–H and O–H groups in total. The van der Waals surface area contributed by atoms with Crippen molar-refractivity contribution in [1.29, 1.82) is 0 Å². The summed E-state index contributed by atoms with van der Waals surface area (Å²) in [7, 11) is 0. The molecule has 0 spiro atoms. The summed E-state index contributed by atoms with van der Waals surface area (Å²) in [5.74, 6) is 0.576. The van der Waals surface area contributed by atoms with Crippen LogP contribution in [-0.2, 0) is 4.79 Å². The molecule has 1 aliphatic heterocycles. The molecule has 0 atom stereocenters. The number of rotatable bonds is 5. The summed E-state index contributed by atoms with van der Waals surface area (Å²) in [4.78, 5) is 19.3. The van der Waals surface area contributed by atoms with Crippen molar-refractivity contribution in [2.45, 2.75) is 46.6 Å². The molecule has 23 heavy (non-hydrogen) atoms. The fourth-order valence-corrected chi connectivity index (χ4v) is 2.79. The molecule has 0 aliphatic carbocycles. The minimum Gasteiger partial charge on any atom is -0.354 e. The molecule has 1 aromatic rings. The highest BCUT2D eigenvalue weighted by Crippen LogP contribution is 2.25. The number of carbonyl (C=O) groups is 1. The fourth-order valence-electron chi connectivity index (χ4n) is 2.79. The molecular weight excluding hydrogens is 286 g/mol. The minimum atomic E-state index is -0.489. The van der Waals surface area contributed by atoms with Crippen LogP contribution in [0.2, 0.25) is 0 Å². The van der Waals surface area contributed by atoms with E-state index in [1.54, 1.807) is 0 Å². The fraction of sp³-hybridized carbons (Fsp3) is 0.579. The van der Waals surface area contributed by atoms with Crippen LogP contribution < -0.4 is 5.32 Å². The molecule has 0 aromatic carbocycles. The molecule has 0 bridgehead atoms. The average molecular weight is 315 g/mol. The number of nitrogens with one attached hydrogen (secondary N) is 1. The van der Waals surface area contributed by atoms with E-state index >= 15 is 0 Å². The van der Waals surface area contributed by atoms with E-state index < -0.39 is 5.54 Å². The number of aryl methyl sites for hydroxylation is 1. The van der Waals surface area contributed by atoms with Gasteiger partial charge >= 0.3 is 0 Å². The molecule has 126 valence electrons. The first-order chi connectivity index (χ1) is 10.8. The van der Waals surface area contributed by atoms with Crippen molar-refractivity contribution in [2.75, 3.05) is 19.6 Å². The standard InChI is InChI=1S/C19H29N3O/c1-14(2)13-20-18(23)19(4,5)22-11-9-16(10-12-22)17-8-6-7-15(3)21-17/h6-9,14H,10-13H2,1-5H3,(H,20,23). The van der Waals surface area contributed by atoms with Crippen LogP contribution in [0.1, 0.15) is 45.5 Å². The molecule has 1 aromatic heterocycles. The first kappa shape index (κ1) is 17.7. The van der Waals surface area contributed by atoms with Crippen molar-refractivity contribution >= 4 is 11.5 Å². The zero-order valence-electron chi connectivity index (χ0n) is 15.0. The Morgan fingerprint density at radius 3 is 2.70 bits per heavy atom. The largest absolute Gasteiger partial charge is 0.354 e. The maximum absolute atomic E-state index is 12.5. The Bertz CT molecular complexity index is 590. The number of carbonyl (C=O) groups excluding carboxylic acids is 1. The third-order valence-corrected chi connectivity index (χ3v) is 4.44. The highest BCUT2D eigenvalue weighted by atomic mass is 16.2. The molecule has 2 heterocycles. The number of aromatic nitrogens is 1. The lowest BCUT2D eigenvalue weighted by atomic mass is 9.96. The smallest absolute Gasteiger partial charge is 0.239 e. The van der Waals surface area contributed by atoms with Gasteiger partial charge in [-0.1, -0.05) is 26.0 Å². The van der Waals surface area contributed by atoms with Gasteiger partial charge in [-0.25, -0.2) is 0 Å². The summed E-state index contributed by atoms with van der Waals surface area (Å²) < 4.78 is 0. The molecule has 0 fully saturated rings. The van der Waals surface area contributed by atoms with Gasteiger partial charge in [-0.3, -0.25) is 14.7 Å². The molecule has 4 nitrogen and oxygen atoms in total. The Morgan fingerprint density at radius 2 is 2.13 bits per heavy atom. The number of amides is 1. The predicted octanol–water partition coefficient (Wildman–Crippen LogP) is 3.03. The molecule has 1 aliphatic rings. The topological polar surface area (TPSA) is 45.2 Å². The SMILES string of the molecule is Cc1cccc(C2=CCN(C(C)(C)C(=O)NCC(C)C)CC2)n1. The van der Waals surface area contributed by atoms with Crippen LogP contribution in [0.3, 0.4) is 0 Å². The number of pyridine rings is 1. The van der Waals surface area contributed by atoms with E-state index in [9.17, 15) is 4.79 Å². The average Bonchev–Trinajstić information content (AvgIpc) is 2.52. The first-order valence-corrected chi connectivity index (χ1v) is 8.47. The van der Waals surface area contributed by atoms with Gasteiger partial charge in [-0.15, -0.1) is 0 Å². The van der Waals surface area contributed by atoms with Crippen molar-refractivity contribution in [3.8, 4) is 0 Å². The van der Waals surface area contributed by atoms with Crippen LogP contribution >= 0.6 is 0 Å². The van der Waals surface area contributed by atoms with E-state index in [2.05, 4.69) is 41.2 Å². The lowest BCUT2D eigenvalue weighted by Crippen LogP contribution is -2.56. The van der Waals surface area contributed by atoms with Crippen molar-refractivity contribution in [3.05, 3.63) is 35.7 Å². The van der Waals surface area contributed by atoms with Crippen molar-refractivity contribution in [3.63, 3.8) is 0 Å². The van der Waals surface area contributed by atoms with Crippen molar-refractivity contribution in [1.82, 2.24) is 15.2 Å². The molecule has 0 saturated carbocycles. The van der Waals surface area contributed by atoms with Crippen LogP contribution in [0.4, 0.5) is 0 Å². The Labute approximate surface area is 140 Å². The van der Waals surface area contributed by atoms with Gasteiger partial charge in [0.05, 0.1) is 11.2 Å². The quantitative estimate of drug-likeness (QED) is 0.908. The summed E-state index contributed by atoms with van der Waals surface area (Å²) in [5.41, 5.74) is 2.89. The molecular formula is C19H29N3O. The molecule has 1 amide bonds. The Kier molecular flexibility index (Phi) is 5.58. The second kappa shape index (κ2) is 7.26. The van der Waals surface area contributed by atoms with Gasteiger partial charge in [0.2, 0.25) is 5.91 Å². The molecule has 0 saturated heterocycles. The molecule has 0 unspecified atom stereocenters. The summed E-state index contributed by atoms with van der Waals surface area (Å²) in [6.45, 7) is 12.6. The Morgan fingerprint density at radius 1 is 1.39 bits per heavy atom. The van der Waals surface area contributed by atoms with E-state index in [4.69, 9.17) is 0 Å². The van der Waals surface area contributed by atoms with Crippen LogP contribution in [0, 0.1) is 12.8 Å². The maximum Gasteiger partial charge on any atom is 0.239 e. The van der Waals surface area contributed by atoms with Crippen molar-refractivity contribution in [2.24, 2.45) is 5.92 Å². The molecule has 0 radical (unpaired) electrons. The van der Waals surface area contributed by atoms with E-state index in [0.29, 0.717) is 5.92 Å². The monoisotopic (exact) mass is 315 g/mol. The number of hydrogen-bond acceptors (Lipinski definition) is 3. The van der Waals surface area contributed by atoms with Crippen LogP contribution in [0.5, 0.6) is 0 Å². The van der Waals surface area contributed by atoms with E-state index in [0.717, 1.165) is 37.4 Å². The molecule has 2 rings (SSSR count). The third kappa shape index (κ3) is 4.41. The van der Waals surface area contributed by atoms with Crippen LogP contribution in [0.25, 0.3) is 5.57 Å². The number of nitrogens with zero attached hydrogens (tertiary/aromatic N) is 2. The third-order valence-electron chi connectivity index (χ3n) is 4.44. The summed E-state index contributed by atoms with van der Waals surface area (Å²) in [6.07, 6.45) is 3.14. The van der Waals surface area contributed by atoms with E-state index in [-0.39, 0.29) is 5.91 Å². The van der Waals surface area contributed by atoms with Gasteiger partial charge in [0.1, 0.15) is 0 Å². The lowest BCUT2D eigenvalue weighted by Gasteiger charge is -2.39. The predicted molar refractivity (Wildman–Crippen MR) is 95.1 cm³/mol. The number of hydrogen-bond donors (Lipinski definition) is 1. The van der Waals surface area contributed by atoms with Gasteiger partial charge in [-0.05, 0) is 50.8 Å². The highest BCUT2D eigenvalue weighted by Gasteiger charge is 2.35. The van der Waals surface area contributed by atoms with Crippen molar-refractivity contribution < 1.29 is 4.79 Å². The van der Waals surface area contributed by atoms with E-state index in [1.165, 1.54) is 5.57 Å². The first-order valence-electron chi connectivity index (χ1n) is 8.47. The normalized spacial score (nSPS) is 16.3.